The van der Waals surface area contributed by atoms with Gasteiger partial charge in [-0.3, -0.25) is 0 Å². The SMILES string of the molecule is O=C(O)c1csc(S(=O)(=O)CCC=C(F)F)n1. The number of sulfone groups is 1. The van der Waals surface area contributed by atoms with Gasteiger partial charge in [-0.1, -0.05) is 0 Å². The van der Waals surface area contributed by atoms with E-state index in [2.05, 4.69) is 4.98 Å². The molecule has 0 spiro atoms. The molecule has 0 aliphatic rings. The van der Waals surface area contributed by atoms with E-state index >= 15 is 0 Å². The number of allylic oxidation sites excluding steroid dienone is 1. The van der Waals surface area contributed by atoms with E-state index < -0.39 is 27.6 Å². The van der Waals surface area contributed by atoms with Crippen LogP contribution in [0.1, 0.15) is 16.9 Å². The number of rotatable bonds is 5. The molecule has 0 unspecified atom stereocenters. The van der Waals surface area contributed by atoms with Gasteiger partial charge in [0.25, 0.3) is 6.08 Å². The van der Waals surface area contributed by atoms with E-state index in [9.17, 15) is 22.0 Å². The lowest BCUT2D eigenvalue weighted by Gasteiger charge is -1.96. The van der Waals surface area contributed by atoms with Crippen molar-refractivity contribution >= 4 is 27.1 Å². The summed E-state index contributed by atoms with van der Waals surface area (Å²) in [5, 5.41) is 9.64. The number of hydrogen-bond donors (Lipinski definition) is 1. The van der Waals surface area contributed by atoms with Crippen molar-refractivity contribution in [3.63, 3.8) is 0 Å². The Bertz CT molecular complexity index is 546. The predicted molar refractivity (Wildman–Crippen MR) is 56.0 cm³/mol. The van der Waals surface area contributed by atoms with E-state index in [-0.39, 0.29) is 16.5 Å². The summed E-state index contributed by atoms with van der Waals surface area (Å²) in [6, 6.07) is 0. The van der Waals surface area contributed by atoms with Gasteiger partial charge in [-0.15, -0.1) is 11.3 Å². The summed E-state index contributed by atoms with van der Waals surface area (Å²) in [7, 11) is -3.80. The molecule has 1 aromatic heterocycles. The summed E-state index contributed by atoms with van der Waals surface area (Å²) >= 11 is 0.656. The second-order valence-electron chi connectivity index (χ2n) is 2.91. The van der Waals surface area contributed by atoms with Crippen molar-refractivity contribution in [2.45, 2.75) is 10.8 Å². The molecule has 1 aromatic rings. The molecule has 0 aliphatic carbocycles. The second kappa shape index (κ2) is 5.32. The van der Waals surface area contributed by atoms with Gasteiger partial charge in [0.1, 0.15) is 0 Å². The monoisotopic (exact) mass is 283 g/mol. The van der Waals surface area contributed by atoms with E-state index in [0.717, 1.165) is 5.38 Å². The molecule has 5 nitrogen and oxygen atoms in total. The molecule has 1 rings (SSSR count). The number of halogens is 2. The van der Waals surface area contributed by atoms with Crippen molar-refractivity contribution in [1.29, 1.82) is 0 Å². The van der Waals surface area contributed by atoms with Crippen LogP contribution in [-0.4, -0.2) is 30.2 Å². The molecule has 1 N–H and O–H groups in total. The van der Waals surface area contributed by atoms with Gasteiger partial charge in [0.2, 0.25) is 14.2 Å². The van der Waals surface area contributed by atoms with Crippen LogP contribution < -0.4 is 0 Å². The normalized spacial score (nSPS) is 11.2. The fraction of sp³-hybridized carbons (Fsp3) is 0.250. The molecule has 0 fully saturated rings. The van der Waals surface area contributed by atoms with Gasteiger partial charge >= 0.3 is 5.97 Å². The molecule has 0 atom stereocenters. The van der Waals surface area contributed by atoms with Crippen molar-refractivity contribution in [1.82, 2.24) is 4.98 Å². The summed E-state index contributed by atoms with van der Waals surface area (Å²) in [6.45, 7) is 0. The molecule has 0 bridgehead atoms. The third-order valence-corrected chi connectivity index (χ3v) is 4.73. The van der Waals surface area contributed by atoms with Crippen LogP contribution in [-0.2, 0) is 9.84 Å². The van der Waals surface area contributed by atoms with E-state index in [1.165, 1.54) is 0 Å². The molecule has 0 aromatic carbocycles. The predicted octanol–water partition coefficient (Wildman–Crippen LogP) is 1.79. The van der Waals surface area contributed by atoms with E-state index in [1.54, 1.807) is 0 Å². The minimum Gasteiger partial charge on any atom is -0.476 e. The van der Waals surface area contributed by atoms with Gasteiger partial charge in [0.05, 0.1) is 5.75 Å². The fourth-order valence-electron chi connectivity index (χ4n) is 0.909. The molecule has 0 radical (unpaired) electrons. The summed E-state index contributed by atoms with van der Waals surface area (Å²) in [6.07, 6.45) is -1.80. The lowest BCUT2D eigenvalue weighted by Crippen LogP contribution is -2.07. The largest absolute Gasteiger partial charge is 0.476 e. The van der Waals surface area contributed by atoms with Crippen LogP contribution in [0.3, 0.4) is 0 Å². The zero-order valence-corrected chi connectivity index (χ0v) is 9.89. The lowest BCUT2D eigenvalue weighted by molar-refractivity contribution is 0.0691. The maximum Gasteiger partial charge on any atom is 0.355 e. The number of aromatic carboxylic acids is 1. The minimum atomic E-state index is -3.80. The highest BCUT2D eigenvalue weighted by Crippen LogP contribution is 2.18. The van der Waals surface area contributed by atoms with Crippen molar-refractivity contribution in [3.05, 3.63) is 23.2 Å². The minimum absolute atomic E-state index is 0.341. The number of carboxylic acid groups (broad SMARTS) is 1. The van der Waals surface area contributed by atoms with E-state index in [4.69, 9.17) is 5.11 Å². The number of nitrogens with zero attached hydrogens (tertiary/aromatic N) is 1. The summed E-state index contributed by atoms with van der Waals surface area (Å²) in [5.41, 5.74) is -0.374. The van der Waals surface area contributed by atoms with Gasteiger partial charge < -0.3 is 5.11 Å². The fourth-order valence-corrected chi connectivity index (χ4v) is 3.25. The maximum absolute atomic E-state index is 11.7. The average molecular weight is 283 g/mol. The second-order valence-corrected chi connectivity index (χ2v) is 6.05. The first kappa shape index (κ1) is 13.7. The number of thiazole rings is 1. The Labute approximate surface area is 99.3 Å². The van der Waals surface area contributed by atoms with Crippen LogP contribution in [0.15, 0.2) is 21.9 Å². The van der Waals surface area contributed by atoms with Gasteiger partial charge in [-0.2, -0.15) is 8.78 Å². The van der Waals surface area contributed by atoms with Crippen LogP contribution in [0.5, 0.6) is 0 Å². The Balaban J connectivity index is 2.82. The molecule has 0 saturated heterocycles. The summed E-state index contributed by atoms with van der Waals surface area (Å²) in [5.74, 6) is -1.87. The Morgan fingerprint density at radius 2 is 2.18 bits per heavy atom. The smallest absolute Gasteiger partial charge is 0.355 e. The van der Waals surface area contributed by atoms with Crippen LogP contribution in [0.2, 0.25) is 0 Å². The lowest BCUT2D eigenvalue weighted by atomic mass is 10.5. The first-order chi connectivity index (χ1) is 7.83. The number of aromatic nitrogens is 1. The first-order valence-electron chi connectivity index (χ1n) is 4.25. The van der Waals surface area contributed by atoms with E-state index in [0.29, 0.717) is 17.4 Å². The van der Waals surface area contributed by atoms with Gasteiger partial charge in [0, 0.05) is 5.38 Å². The van der Waals surface area contributed by atoms with Gasteiger partial charge in [-0.25, -0.2) is 18.2 Å². The average Bonchev–Trinajstić information content (AvgIpc) is 2.65. The third-order valence-electron chi connectivity index (χ3n) is 1.65. The van der Waals surface area contributed by atoms with Crippen LogP contribution in [0.4, 0.5) is 8.78 Å². The van der Waals surface area contributed by atoms with Crippen molar-refractivity contribution in [2.24, 2.45) is 0 Å². The molecular formula is C8H7F2NO4S2. The number of carbonyl (C=O) groups is 1. The first-order valence-corrected chi connectivity index (χ1v) is 6.79. The Morgan fingerprint density at radius 1 is 1.53 bits per heavy atom. The topological polar surface area (TPSA) is 84.3 Å². The zero-order chi connectivity index (χ0) is 13.1. The molecule has 9 heteroatoms. The highest BCUT2D eigenvalue weighted by molar-refractivity contribution is 7.93. The molecule has 17 heavy (non-hydrogen) atoms. The van der Waals surface area contributed by atoms with Crippen LogP contribution >= 0.6 is 11.3 Å². The molecular weight excluding hydrogens is 276 g/mol. The molecule has 0 aliphatic heterocycles. The molecule has 1 heterocycles. The van der Waals surface area contributed by atoms with Crippen molar-refractivity contribution < 1.29 is 27.1 Å². The van der Waals surface area contributed by atoms with Gasteiger partial charge in [0.15, 0.2) is 5.69 Å². The molecule has 0 saturated carbocycles. The van der Waals surface area contributed by atoms with Crippen molar-refractivity contribution in [3.8, 4) is 0 Å². The zero-order valence-electron chi connectivity index (χ0n) is 8.26. The van der Waals surface area contributed by atoms with Crippen LogP contribution in [0, 0.1) is 0 Å². The maximum atomic E-state index is 11.7. The third kappa shape index (κ3) is 3.86. The Kier molecular flexibility index (Phi) is 4.29. The molecule has 94 valence electrons. The highest BCUT2D eigenvalue weighted by atomic mass is 32.2. The van der Waals surface area contributed by atoms with Crippen molar-refractivity contribution in [2.75, 3.05) is 5.75 Å². The molecule has 0 amide bonds. The quantitative estimate of drug-likeness (QED) is 0.890. The van der Waals surface area contributed by atoms with Crippen LogP contribution in [0.25, 0.3) is 0 Å². The van der Waals surface area contributed by atoms with Gasteiger partial charge in [-0.05, 0) is 12.5 Å². The standard InChI is InChI=1S/C8H7F2NO4S2/c9-6(10)2-1-3-17(14,15)8-11-5(4-16-8)7(12)13/h2,4H,1,3H2,(H,12,13). The Hall–Kier alpha value is -1.35. The highest BCUT2D eigenvalue weighted by Gasteiger charge is 2.20. The summed E-state index contributed by atoms with van der Waals surface area (Å²) in [4.78, 5) is 13.9. The number of hydrogen-bond acceptors (Lipinski definition) is 5. The Morgan fingerprint density at radius 3 is 2.65 bits per heavy atom. The number of carboxylic acids is 1. The van der Waals surface area contributed by atoms with E-state index in [1.807, 2.05) is 0 Å². The summed E-state index contributed by atoms with van der Waals surface area (Å²) < 4.78 is 46.1.